The summed E-state index contributed by atoms with van der Waals surface area (Å²) in [5, 5.41) is 2.80. The van der Waals surface area contributed by atoms with Crippen molar-refractivity contribution in [2.24, 2.45) is 0 Å². The first kappa shape index (κ1) is 8.93. The van der Waals surface area contributed by atoms with E-state index in [1.54, 1.807) is 0 Å². The Morgan fingerprint density at radius 3 is 2.50 bits per heavy atom. The van der Waals surface area contributed by atoms with Crippen molar-refractivity contribution >= 4 is 42.6 Å². The molecule has 0 atom stereocenters. The van der Waals surface area contributed by atoms with Gasteiger partial charge in [-0.3, -0.25) is 0 Å². The van der Waals surface area contributed by atoms with Crippen LogP contribution in [0.3, 0.4) is 0 Å². The van der Waals surface area contributed by atoms with E-state index in [1.807, 2.05) is 0 Å². The third kappa shape index (κ3) is 1.10. The van der Waals surface area contributed by atoms with Gasteiger partial charge in [0, 0.05) is 8.95 Å². The molecule has 0 radical (unpaired) electrons. The van der Waals surface area contributed by atoms with E-state index in [0.29, 0.717) is 0 Å². The summed E-state index contributed by atoms with van der Waals surface area (Å²) >= 11 is 7.22. The molecule has 0 amide bonds. The van der Waals surface area contributed by atoms with E-state index in [9.17, 15) is 0 Å². The molecular formula is C12H8Br2. The van der Waals surface area contributed by atoms with Crippen molar-refractivity contribution in [3.8, 4) is 0 Å². The molecule has 0 aliphatic heterocycles. The molecule has 1 aliphatic rings. The predicted octanol–water partition coefficient (Wildman–Crippen LogP) is 4.46. The molecule has 0 saturated heterocycles. The maximum absolute atomic E-state index is 3.62. The molecule has 0 nitrogen and oxygen atoms in total. The van der Waals surface area contributed by atoms with Gasteiger partial charge < -0.3 is 0 Å². The number of halogens is 2. The molecule has 0 heterocycles. The third-order valence-corrected chi connectivity index (χ3v) is 4.34. The van der Waals surface area contributed by atoms with E-state index in [1.165, 1.54) is 43.7 Å². The summed E-state index contributed by atoms with van der Waals surface area (Å²) in [6.07, 6.45) is 2.35. The minimum absolute atomic E-state index is 1.17. The van der Waals surface area contributed by atoms with Gasteiger partial charge >= 0.3 is 0 Å². The van der Waals surface area contributed by atoms with Crippen molar-refractivity contribution in [1.82, 2.24) is 0 Å². The summed E-state index contributed by atoms with van der Waals surface area (Å²) in [5.74, 6) is 0. The van der Waals surface area contributed by atoms with Gasteiger partial charge in [-0.05, 0) is 46.9 Å². The Morgan fingerprint density at radius 1 is 0.857 bits per heavy atom. The number of hydrogen-bond acceptors (Lipinski definition) is 0. The number of aryl methyl sites for hydroxylation is 2. The van der Waals surface area contributed by atoms with Gasteiger partial charge in [0.1, 0.15) is 0 Å². The van der Waals surface area contributed by atoms with Crippen molar-refractivity contribution in [3.05, 3.63) is 44.3 Å². The molecule has 0 spiro atoms. The minimum atomic E-state index is 1.17. The van der Waals surface area contributed by atoms with Crippen LogP contribution in [0, 0.1) is 0 Å². The number of rotatable bonds is 0. The SMILES string of the molecule is Brc1ccc2c(Br)ccc3c2c1CC3. The second-order valence-corrected chi connectivity index (χ2v) is 5.36. The summed E-state index contributed by atoms with van der Waals surface area (Å²) in [5.41, 5.74) is 2.96. The molecule has 2 aromatic rings. The van der Waals surface area contributed by atoms with Crippen LogP contribution >= 0.6 is 31.9 Å². The lowest BCUT2D eigenvalue weighted by Crippen LogP contribution is -1.81. The van der Waals surface area contributed by atoms with Crippen LogP contribution < -0.4 is 0 Å². The zero-order valence-electron chi connectivity index (χ0n) is 7.48. The van der Waals surface area contributed by atoms with Crippen LogP contribution in [0.15, 0.2) is 33.2 Å². The highest BCUT2D eigenvalue weighted by Gasteiger charge is 2.17. The van der Waals surface area contributed by atoms with Gasteiger partial charge in [0.05, 0.1) is 0 Å². The smallest absolute Gasteiger partial charge is 0.0254 e. The van der Waals surface area contributed by atoms with Crippen molar-refractivity contribution < 1.29 is 0 Å². The number of hydrogen-bond donors (Lipinski definition) is 0. The lowest BCUT2D eigenvalue weighted by atomic mass is 10.1. The Hall–Kier alpha value is -0.340. The fourth-order valence-electron chi connectivity index (χ4n) is 2.25. The average molecular weight is 312 g/mol. The van der Waals surface area contributed by atoms with Gasteiger partial charge in [-0.15, -0.1) is 0 Å². The normalized spacial score (nSPS) is 13.9. The number of benzene rings is 2. The summed E-state index contributed by atoms with van der Waals surface area (Å²) in [7, 11) is 0. The summed E-state index contributed by atoms with van der Waals surface area (Å²) in [4.78, 5) is 0. The van der Waals surface area contributed by atoms with Crippen LogP contribution in [-0.4, -0.2) is 0 Å². The molecule has 0 bridgehead atoms. The molecule has 14 heavy (non-hydrogen) atoms. The van der Waals surface area contributed by atoms with Gasteiger partial charge in [0.2, 0.25) is 0 Å². The van der Waals surface area contributed by atoms with Gasteiger partial charge in [0.15, 0.2) is 0 Å². The molecule has 0 fully saturated rings. The first-order chi connectivity index (χ1) is 6.77. The summed E-state index contributed by atoms with van der Waals surface area (Å²) in [6.45, 7) is 0. The van der Waals surface area contributed by atoms with Gasteiger partial charge in [0.25, 0.3) is 0 Å². The summed E-state index contributed by atoms with van der Waals surface area (Å²) < 4.78 is 2.45. The highest BCUT2D eigenvalue weighted by atomic mass is 79.9. The molecule has 0 unspecified atom stereocenters. The molecule has 1 aliphatic carbocycles. The third-order valence-electron chi connectivity index (χ3n) is 2.91. The Bertz CT molecular complexity index is 529. The zero-order chi connectivity index (χ0) is 9.71. The van der Waals surface area contributed by atoms with Crippen LogP contribution in [0.25, 0.3) is 10.8 Å². The van der Waals surface area contributed by atoms with Crippen LogP contribution in [0.1, 0.15) is 11.1 Å². The quantitative estimate of drug-likeness (QED) is 0.673. The van der Waals surface area contributed by atoms with Crippen LogP contribution in [0.5, 0.6) is 0 Å². The van der Waals surface area contributed by atoms with Crippen LogP contribution in [-0.2, 0) is 12.8 Å². The monoisotopic (exact) mass is 310 g/mol. The Labute approximate surface area is 99.6 Å². The first-order valence-electron chi connectivity index (χ1n) is 4.66. The fourth-order valence-corrected chi connectivity index (χ4v) is 3.24. The van der Waals surface area contributed by atoms with Crippen LogP contribution in [0.4, 0.5) is 0 Å². The Balaban J connectivity index is 2.57. The highest BCUT2D eigenvalue weighted by Crippen LogP contribution is 2.38. The average Bonchev–Trinajstić information content (AvgIpc) is 2.60. The predicted molar refractivity (Wildman–Crippen MR) is 66.8 cm³/mol. The highest BCUT2D eigenvalue weighted by molar-refractivity contribution is 9.11. The van der Waals surface area contributed by atoms with E-state index < -0.39 is 0 Å². The maximum Gasteiger partial charge on any atom is 0.0254 e. The van der Waals surface area contributed by atoms with Crippen molar-refractivity contribution in [1.29, 1.82) is 0 Å². The lowest BCUT2D eigenvalue weighted by Gasteiger charge is -2.05. The minimum Gasteiger partial charge on any atom is -0.0573 e. The maximum atomic E-state index is 3.62. The Kier molecular flexibility index (Phi) is 1.96. The van der Waals surface area contributed by atoms with E-state index in [2.05, 4.69) is 56.1 Å². The molecule has 2 heteroatoms. The van der Waals surface area contributed by atoms with Crippen molar-refractivity contribution in [2.75, 3.05) is 0 Å². The second-order valence-electron chi connectivity index (χ2n) is 3.66. The van der Waals surface area contributed by atoms with E-state index in [0.717, 1.165) is 0 Å². The molecule has 70 valence electrons. The first-order valence-corrected chi connectivity index (χ1v) is 6.24. The van der Waals surface area contributed by atoms with Crippen molar-refractivity contribution in [3.63, 3.8) is 0 Å². The molecular weight excluding hydrogens is 304 g/mol. The van der Waals surface area contributed by atoms with Crippen LogP contribution in [0.2, 0.25) is 0 Å². The van der Waals surface area contributed by atoms with Gasteiger partial charge in [-0.1, -0.05) is 44.0 Å². The summed E-state index contributed by atoms with van der Waals surface area (Å²) in [6, 6.07) is 8.72. The zero-order valence-corrected chi connectivity index (χ0v) is 10.7. The molecule has 0 N–H and O–H groups in total. The van der Waals surface area contributed by atoms with Gasteiger partial charge in [-0.2, -0.15) is 0 Å². The second kappa shape index (κ2) is 3.07. The van der Waals surface area contributed by atoms with E-state index >= 15 is 0 Å². The molecule has 0 saturated carbocycles. The molecule has 2 aromatic carbocycles. The van der Waals surface area contributed by atoms with E-state index in [-0.39, 0.29) is 0 Å². The lowest BCUT2D eigenvalue weighted by molar-refractivity contribution is 1.02. The van der Waals surface area contributed by atoms with E-state index in [4.69, 9.17) is 0 Å². The molecule has 3 rings (SSSR count). The Morgan fingerprint density at radius 2 is 1.64 bits per heavy atom. The molecule has 0 aromatic heterocycles. The van der Waals surface area contributed by atoms with Crippen molar-refractivity contribution in [2.45, 2.75) is 12.8 Å². The topological polar surface area (TPSA) is 0 Å². The van der Waals surface area contributed by atoms with Gasteiger partial charge in [-0.25, -0.2) is 0 Å². The standard InChI is InChI=1S/C12H8Br2/c13-10-5-2-7-1-3-8-11(14)6-4-9(10)12(7)8/h2,4-6H,1,3H2. The fraction of sp³-hybridized carbons (Fsp3) is 0.167. The largest absolute Gasteiger partial charge is 0.0573 e.